The molecule has 0 aromatic heterocycles. The van der Waals surface area contributed by atoms with E-state index in [-0.39, 0.29) is 11.9 Å². The van der Waals surface area contributed by atoms with Crippen LogP contribution < -0.4 is 15.6 Å². The molecule has 0 amide bonds. The summed E-state index contributed by atoms with van der Waals surface area (Å²) in [6.45, 7) is 2.21. The average Bonchev–Trinajstić information content (AvgIpc) is 2.73. The Morgan fingerprint density at radius 3 is 3.18 bits per heavy atom. The fourth-order valence-electron chi connectivity index (χ4n) is 2.72. The topological polar surface area (TPSA) is 33.3 Å². The lowest BCUT2D eigenvalue weighted by molar-refractivity contribution is 0.172. The molecule has 2 aliphatic heterocycles. The Morgan fingerprint density at radius 2 is 2.35 bits per heavy atom. The molecule has 1 unspecified atom stereocenters. The Hall–Kier alpha value is -1.13. The molecule has 17 heavy (non-hydrogen) atoms. The summed E-state index contributed by atoms with van der Waals surface area (Å²) in [4.78, 5) is 5.32. The monoisotopic (exact) mass is 236 g/mol. The van der Waals surface area contributed by atoms with Crippen LogP contribution in [0.15, 0.2) is 18.2 Å². The van der Waals surface area contributed by atoms with Crippen LogP contribution in [-0.2, 0) is 0 Å². The van der Waals surface area contributed by atoms with Crippen LogP contribution in [-0.4, -0.2) is 13.1 Å². The number of halogens is 1. The Kier molecular flexibility index (Phi) is 2.99. The summed E-state index contributed by atoms with van der Waals surface area (Å²) in [5, 5.41) is 3.41. The van der Waals surface area contributed by atoms with Crippen LogP contribution in [0, 0.1) is 11.7 Å². The highest BCUT2D eigenvalue weighted by Gasteiger charge is 2.27. The second kappa shape index (κ2) is 4.63. The van der Waals surface area contributed by atoms with E-state index in [0.717, 1.165) is 25.1 Å². The molecular formula is C13H17FN2O. The number of hydrogen-bond acceptors (Lipinski definition) is 3. The smallest absolute Gasteiger partial charge is 0.154 e. The standard InChI is InChI=1S/C13H17FN2O/c14-10-3-4-11-12(16-17-13(11)7-10)6-9-2-1-5-15-8-9/h3-4,7,9,12,15-16H,1-2,5-6,8H2/t9-,12?/m1/s1. The van der Waals surface area contributed by atoms with Crippen LogP contribution in [0.25, 0.3) is 0 Å². The second-order valence-corrected chi connectivity index (χ2v) is 4.90. The van der Waals surface area contributed by atoms with Gasteiger partial charge in [0, 0.05) is 11.6 Å². The van der Waals surface area contributed by atoms with Crippen LogP contribution in [0.1, 0.15) is 30.9 Å². The second-order valence-electron chi connectivity index (χ2n) is 4.90. The molecule has 1 saturated heterocycles. The van der Waals surface area contributed by atoms with Crippen molar-refractivity contribution in [3.05, 3.63) is 29.6 Å². The third-order valence-corrected chi connectivity index (χ3v) is 3.63. The van der Waals surface area contributed by atoms with Crippen molar-refractivity contribution in [2.75, 3.05) is 13.1 Å². The molecule has 0 aliphatic carbocycles. The highest BCUT2D eigenvalue weighted by Crippen LogP contribution is 2.35. The molecule has 0 radical (unpaired) electrons. The fraction of sp³-hybridized carbons (Fsp3) is 0.538. The van der Waals surface area contributed by atoms with Crippen molar-refractivity contribution < 1.29 is 9.23 Å². The number of fused-ring (bicyclic) bond motifs is 1. The van der Waals surface area contributed by atoms with Gasteiger partial charge in [-0.25, -0.2) is 4.39 Å². The van der Waals surface area contributed by atoms with Crippen molar-refractivity contribution in [3.8, 4) is 5.75 Å². The summed E-state index contributed by atoms with van der Waals surface area (Å²) in [5.74, 6) is 1.07. The van der Waals surface area contributed by atoms with Gasteiger partial charge in [0.15, 0.2) is 5.75 Å². The lowest BCUT2D eigenvalue weighted by Crippen LogP contribution is -2.32. The molecule has 92 valence electrons. The molecule has 2 heterocycles. The van der Waals surface area contributed by atoms with E-state index in [1.165, 1.54) is 25.0 Å². The minimum atomic E-state index is -0.245. The normalized spacial score (nSPS) is 27.6. The van der Waals surface area contributed by atoms with Gasteiger partial charge in [-0.15, -0.1) is 5.48 Å². The third-order valence-electron chi connectivity index (χ3n) is 3.63. The molecule has 1 aromatic carbocycles. The van der Waals surface area contributed by atoms with E-state index in [0.29, 0.717) is 11.7 Å². The largest absolute Gasteiger partial charge is 0.408 e. The first-order chi connectivity index (χ1) is 8.33. The van der Waals surface area contributed by atoms with Crippen LogP contribution >= 0.6 is 0 Å². The van der Waals surface area contributed by atoms with Gasteiger partial charge >= 0.3 is 0 Å². The van der Waals surface area contributed by atoms with E-state index >= 15 is 0 Å². The molecule has 4 heteroatoms. The molecule has 1 fully saturated rings. The highest BCUT2D eigenvalue weighted by molar-refractivity contribution is 5.38. The van der Waals surface area contributed by atoms with Gasteiger partial charge in [-0.1, -0.05) is 6.07 Å². The molecule has 3 rings (SSSR count). The van der Waals surface area contributed by atoms with E-state index in [2.05, 4.69) is 10.8 Å². The summed E-state index contributed by atoms with van der Waals surface area (Å²) in [5.41, 5.74) is 4.08. The lowest BCUT2D eigenvalue weighted by atomic mass is 9.90. The maximum atomic E-state index is 13.0. The van der Waals surface area contributed by atoms with Gasteiger partial charge < -0.3 is 10.2 Å². The van der Waals surface area contributed by atoms with Gasteiger partial charge in [-0.05, 0) is 44.3 Å². The number of hydrogen-bond donors (Lipinski definition) is 2. The minimum Gasteiger partial charge on any atom is -0.408 e. The van der Waals surface area contributed by atoms with Gasteiger partial charge in [0.2, 0.25) is 0 Å². The van der Waals surface area contributed by atoms with E-state index in [4.69, 9.17) is 4.84 Å². The molecule has 1 aromatic rings. The predicted octanol–water partition coefficient (Wildman–Crippen LogP) is 2.15. The van der Waals surface area contributed by atoms with Gasteiger partial charge in [0.25, 0.3) is 0 Å². The Morgan fingerprint density at radius 1 is 1.41 bits per heavy atom. The van der Waals surface area contributed by atoms with Gasteiger partial charge in [-0.3, -0.25) is 0 Å². The summed E-state index contributed by atoms with van der Waals surface area (Å²) in [6, 6.07) is 4.98. The highest BCUT2D eigenvalue weighted by atomic mass is 19.1. The summed E-state index contributed by atoms with van der Waals surface area (Å²) < 4.78 is 13.0. The zero-order valence-corrected chi connectivity index (χ0v) is 9.71. The minimum absolute atomic E-state index is 0.204. The van der Waals surface area contributed by atoms with Crippen molar-refractivity contribution >= 4 is 0 Å². The van der Waals surface area contributed by atoms with Crippen LogP contribution in [0.5, 0.6) is 5.75 Å². The number of benzene rings is 1. The number of rotatable bonds is 2. The molecule has 2 N–H and O–H groups in total. The Bertz CT molecular complexity index is 404. The van der Waals surface area contributed by atoms with Crippen LogP contribution in [0.2, 0.25) is 0 Å². The van der Waals surface area contributed by atoms with Gasteiger partial charge in [-0.2, -0.15) is 0 Å². The fourth-order valence-corrected chi connectivity index (χ4v) is 2.72. The van der Waals surface area contributed by atoms with E-state index < -0.39 is 0 Å². The Labute approximate surface area is 100 Å². The maximum absolute atomic E-state index is 13.0. The number of nitrogens with one attached hydrogen (secondary N) is 2. The van der Waals surface area contributed by atoms with E-state index in [1.807, 2.05) is 6.07 Å². The molecule has 2 aliphatic rings. The molecule has 0 saturated carbocycles. The van der Waals surface area contributed by atoms with Crippen molar-refractivity contribution in [2.45, 2.75) is 25.3 Å². The SMILES string of the molecule is Fc1ccc2c(c1)ONC2C[C@H]1CCCNC1. The van der Waals surface area contributed by atoms with Crippen LogP contribution in [0.3, 0.4) is 0 Å². The molecule has 2 atom stereocenters. The first kappa shape index (κ1) is 11.0. The molecule has 0 bridgehead atoms. The molecule has 0 spiro atoms. The van der Waals surface area contributed by atoms with Crippen molar-refractivity contribution in [3.63, 3.8) is 0 Å². The molecular weight excluding hydrogens is 219 g/mol. The number of hydroxylamine groups is 1. The van der Waals surface area contributed by atoms with Gasteiger partial charge in [0.05, 0.1) is 6.04 Å². The summed E-state index contributed by atoms with van der Waals surface area (Å²) in [6.07, 6.45) is 3.56. The number of piperidine rings is 1. The summed E-state index contributed by atoms with van der Waals surface area (Å²) in [7, 11) is 0. The molecule has 3 nitrogen and oxygen atoms in total. The first-order valence-electron chi connectivity index (χ1n) is 6.25. The third kappa shape index (κ3) is 2.28. The van der Waals surface area contributed by atoms with E-state index in [1.54, 1.807) is 0 Å². The predicted molar refractivity (Wildman–Crippen MR) is 63.1 cm³/mol. The zero-order valence-electron chi connectivity index (χ0n) is 9.71. The van der Waals surface area contributed by atoms with Gasteiger partial charge in [0.1, 0.15) is 5.82 Å². The summed E-state index contributed by atoms with van der Waals surface area (Å²) >= 11 is 0. The van der Waals surface area contributed by atoms with E-state index in [9.17, 15) is 4.39 Å². The van der Waals surface area contributed by atoms with Crippen molar-refractivity contribution in [1.29, 1.82) is 0 Å². The first-order valence-corrected chi connectivity index (χ1v) is 6.25. The average molecular weight is 236 g/mol. The quantitative estimate of drug-likeness (QED) is 0.825. The zero-order chi connectivity index (χ0) is 11.7. The Balaban J connectivity index is 1.70. The maximum Gasteiger partial charge on any atom is 0.154 e. The van der Waals surface area contributed by atoms with Crippen LogP contribution in [0.4, 0.5) is 4.39 Å². The van der Waals surface area contributed by atoms with Crippen molar-refractivity contribution in [2.24, 2.45) is 5.92 Å². The van der Waals surface area contributed by atoms with Crippen molar-refractivity contribution in [1.82, 2.24) is 10.8 Å². The lowest BCUT2D eigenvalue weighted by Gasteiger charge is -2.24.